The van der Waals surface area contributed by atoms with Crippen LogP contribution in [-0.2, 0) is 14.3 Å². The molecule has 3 amide bonds. The molecule has 0 aliphatic carbocycles. The Morgan fingerprint density at radius 3 is 2.23 bits per heavy atom. The Labute approximate surface area is 131 Å². The number of carbonyl (C=O) groups is 3. The van der Waals surface area contributed by atoms with E-state index in [1.165, 1.54) is 7.11 Å². The van der Waals surface area contributed by atoms with Gasteiger partial charge in [-0.3, -0.25) is 9.59 Å². The molecule has 2 atom stereocenters. The van der Waals surface area contributed by atoms with Crippen molar-refractivity contribution in [2.24, 2.45) is 5.92 Å². The standard InChI is InChI=1S/C15H27N3O4/c1-9(2)13(17-15(21)22-5)14(20)18-7-6-11(18)8-12(19)16-10(3)4/h9-11,13H,6-8H2,1-5H3,(H,16,19)(H,17,21)/t11-,13-/m0/s1. The number of nitrogens with one attached hydrogen (secondary N) is 2. The van der Waals surface area contributed by atoms with E-state index in [9.17, 15) is 14.4 Å². The predicted molar refractivity (Wildman–Crippen MR) is 82.2 cm³/mol. The molecule has 0 aromatic heterocycles. The van der Waals surface area contributed by atoms with Gasteiger partial charge in [-0.15, -0.1) is 0 Å². The fourth-order valence-electron chi connectivity index (χ4n) is 2.42. The molecule has 0 aromatic carbocycles. The van der Waals surface area contributed by atoms with Crippen LogP contribution in [0.1, 0.15) is 40.5 Å². The maximum Gasteiger partial charge on any atom is 0.407 e. The second-order valence-corrected chi connectivity index (χ2v) is 6.26. The van der Waals surface area contributed by atoms with Gasteiger partial charge in [-0.25, -0.2) is 4.79 Å². The van der Waals surface area contributed by atoms with Crippen molar-refractivity contribution in [1.29, 1.82) is 0 Å². The SMILES string of the molecule is COC(=O)N[C@H](C(=O)N1CC[C@H]1CC(=O)NC(C)C)C(C)C. The van der Waals surface area contributed by atoms with E-state index in [1.54, 1.807) is 4.90 Å². The van der Waals surface area contributed by atoms with Gasteiger partial charge in [0.25, 0.3) is 0 Å². The Morgan fingerprint density at radius 1 is 1.18 bits per heavy atom. The first-order valence-electron chi connectivity index (χ1n) is 7.70. The van der Waals surface area contributed by atoms with Crippen LogP contribution in [0, 0.1) is 5.92 Å². The zero-order valence-corrected chi connectivity index (χ0v) is 14.0. The van der Waals surface area contributed by atoms with Crippen molar-refractivity contribution >= 4 is 17.9 Å². The van der Waals surface area contributed by atoms with Crippen LogP contribution in [0.25, 0.3) is 0 Å². The molecule has 0 aromatic rings. The molecular formula is C15H27N3O4. The Kier molecular flexibility index (Phi) is 6.64. The Hall–Kier alpha value is -1.79. The van der Waals surface area contributed by atoms with Crippen LogP contribution in [0.3, 0.4) is 0 Å². The van der Waals surface area contributed by atoms with E-state index in [4.69, 9.17) is 0 Å². The van der Waals surface area contributed by atoms with Gasteiger partial charge in [0, 0.05) is 25.0 Å². The quantitative estimate of drug-likeness (QED) is 0.762. The third kappa shape index (κ3) is 4.89. The normalized spacial score (nSPS) is 18.7. The summed E-state index contributed by atoms with van der Waals surface area (Å²) in [6, 6.07) is -0.642. The number of hydrogen-bond acceptors (Lipinski definition) is 4. The molecule has 1 rings (SSSR count). The van der Waals surface area contributed by atoms with E-state index in [-0.39, 0.29) is 29.8 Å². The van der Waals surface area contributed by atoms with Gasteiger partial charge in [-0.1, -0.05) is 13.8 Å². The predicted octanol–water partition coefficient (Wildman–Crippen LogP) is 0.883. The number of likely N-dealkylation sites (tertiary alicyclic amines) is 1. The fourth-order valence-corrected chi connectivity index (χ4v) is 2.42. The van der Waals surface area contributed by atoms with Crippen molar-refractivity contribution in [2.75, 3.05) is 13.7 Å². The fraction of sp³-hybridized carbons (Fsp3) is 0.800. The van der Waals surface area contributed by atoms with Gasteiger partial charge >= 0.3 is 6.09 Å². The van der Waals surface area contributed by atoms with Crippen molar-refractivity contribution in [2.45, 2.75) is 58.7 Å². The largest absolute Gasteiger partial charge is 0.453 e. The van der Waals surface area contributed by atoms with Crippen LogP contribution in [0.15, 0.2) is 0 Å². The molecule has 22 heavy (non-hydrogen) atoms. The Balaban J connectivity index is 2.62. The van der Waals surface area contributed by atoms with Crippen molar-refractivity contribution in [1.82, 2.24) is 15.5 Å². The van der Waals surface area contributed by atoms with Crippen molar-refractivity contribution in [3.63, 3.8) is 0 Å². The molecule has 126 valence electrons. The van der Waals surface area contributed by atoms with Gasteiger partial charge in [-0.2, -0.15) is 0 Å². The number of hydrogen-bond donors (Lipinski definition) is 2. The number of alkyl carbamates (subject to hydrolysis) is 1. The lowest BCUT2D eigenvalue weighted by Crippen LogP contribution is -2.60. The number of rotatable bonds is 6. The second kappa shape index (κ2) is 8.00. The molecule has 0 unspecified atom stereocenters. The van der Waals surface area contributed by atoms with Crippen LogP contribution in [-0.4, -0.2) is 54.6 Å². The number of carbonyl (C=O) groups excluding carboxylic acids is 3. The first-order chi connectivity index (χ1) is 10.3. The number of amides is 3. The molecule has 0 saturated carbocycles. The van der Waals surface area contributed by atoms with Crippen LogP contribution in [0.2, 0.25) is 0 Å². The molecule has 1 fully saturated rings. The van der Waals surface area contributed by atoms with E-state index in [0.717, 1.165) is 6.42 Å². The van der Waals surface area contributed by atoms with E-state index in [2.05, 4.69) is 15.4 Å². The second-order valence-electron chi connectivity index (χ2n) is 6.26. The molecule has 1 heterocycles. The highest BCUT2D eigenvalue weighted by Crippen LogP contribution is 2.23. The average molecular weight is 313 g/mol. The molecule has 0 bridgehead atoms. The third-order valence-corrected chi connectivity index (χ3v) is 3.69. The minimum atomic E-state index is -0.636. The Morgan fingerprint density at radius 2 is 1.82 bits per heavy atom. The molecular weight excluding hydrogens is 286 g/mol. The maximum atomic E-state index is 12.6. The molecule has 0 radical (unpaired) electrons. The van der Waals surface area contributed by atoms with E-state index in [0.29, 0.717) is 13.0 Å². The zero-order valence-electron chi connectivity index (χ0n) is 14.0. The first-order valence-corrected chi connectivity index (χ1v) is 7.70. The molecule has 1 aliphatic rings. The van der Waals surface area contributed by atoms with Gasteiger partial charge in [0.1, 0.15) is 6.04 Å². The van der Waals surface area contributed by atoms with Crippen molar-refractivity contribution < 1.29 is 19.1 Å². The molecule has 1 saturated heterocycles. The minimum Gasteiger partial charge on any atom is -0.453 e. The Bertz CT molecular complexity index is 423. The van der Waals surface area contributed by atoms with Crippen LogP contribution in [0.5, 0.6) is 0 Å². The highest BCUT2D eigenvalue weighted by molar-refractivity contribution is 5.87. The summed E-state index contributed by atoms with van der Waals surface area (Å²) in [7, 11) is 1.26. The average Bonchev–Trinajstić information content (AvgIpc) is 2.39. The molecule has 2 N–H and O–H groups in total. The van der Waals surface area contributed by atoms with Gasteiger partial charge in [-0.05, 0) is 26.2 Å². The van der Waals surface area contributed by atoms with Crippen molar-refractivity contribution in [3.05, 3.63) is 0 Å². The smallest absolute Gasteiger partial charge is 0.407 e. The van der Waals surface area contributed by atoms with E-state index < -0.39 is 12.1 Å². The number of ether oxygens (including phenoxy) is 1. The summed E-state index contributed by atoms with van der Waals surface area (Å²) in [5.74, 6) is -0.272. The van der Waals surface area contributed by atoms with Crippen LogP contribution >= 0.6 is 0 Å². The highest BCUT2D eigenvalue weighted by atomic mass is 16.5. The van der Waals surface area contributed by atoms with Gasteiger partial charge in [0.05, 0.1) is 7.11 Å². The third-order valence-electron chi connectivity index (χ3n) is 3.69. The van der Waals surface area contributed by atoms with E-state index >= 15 is 0 Å². The lowest BCUT2D eigenvalue weighted by atomic mass is 9.94. The number of nitrogens with zero attached hydrogens (tertiary/aromatic N) is 1. The summed E-state index contributed by atoms with van der Waals surface area (Å²) in [5, 5.41) is 5.40. The van der Waals surface area contributed by atoms with E-state index in [1.807, 2.05) is 27.7 Å². The summed E-state index contributed by atoms with van der Waals surface area (Å²) in [6.45, 7) is 8.13. The summed E-state index contributed by atoms with van der Waals surface area (Å²) in [4.78, 5) is 37.4. The van der Waals surface area contributed by atoms with Crippen molar-refractivity contribution in [3.8, 4) is 0 Å². The monoisotopic (exact) mass is 313 g/mol. The van der Waals surface area contributed by atoms with Crippen LogP contribution < -0.4 is 10.6 Å². The first kappa shape index (κ1) is 18.3. The zero-order chi connectivity index (χ0) is 16.9. The molecule has 7 nitrogen and oxygen atoms in total. The van der Waals surface area contributed by atoms with Gasteiger partial charge in [0.15, 0.2) is 0 Å². The number of methoxy groups -OCH3 is 1. The lowest BCUT2D eigenvalue weighted by Gasteiger charge is -2.43. The van der Waals surface area contributed by atoms with Gasteiger partial charge < -0.3 is 20.3 Å². The summed E-state index contributed by atoms with van der Waals surface area (Å²) in [5.41, 5.74) is 0. The minimum absolute atomic E-state index is 0.0560. The molecule has 7 heteroatoms. The van der Waals surface area contributed by atoms with Crippen LogP contribution in [0.4, 0.5) is 4.79 Å². The molecule has 1 aliphatic heterocycles. The maximum absolute atomic E-state index is 12.6. The summed E-state index contributed by atoms with van der Waals surface area (Å²) < 4.78 is 4.56. The summed E-state index contributed by atoms with van der Waals surface area (Å²) >= 11 is 0. The topological polar surface area (TPSA) is 87.7 Å². The molecule has 0 spiro atoms. The van der Waals surface area contributed by atoms with Gasteiger partial charge in [0.2, 0.25) is 11.8 Å². The highest BCUT2D eigenvalue weighted by Gasteiger charge is 2.38. The lowest BCUT2D eigenvalue weighted by molar-refractivity contribution is -0.143. The summed E-state index contributed by atoms with van der Waals surface area (Å²) in [6.07, 6.45) is 0.481.